The third-order valence-electron chi connectivity index (χ3n) is 7.60. The lowest BCUT2D eigenvalue weighted by atomic mass is 9.79. The largest absolute Gasteiger partial charge is 0.479 e. The minimum absolute atomic E-state index is 0.0564. The zero-order valence-electron chi connectivity index (χ0n) is 21.7. The zero-order chi connectivity index (χ0) is 29.4. The van der Waals surface area contributed by atoms with Crippen molar-refractivity contribution in [3.05, 3.63) is 70.4 Å². The summed E-state index contributed by atoms with van der Waals surface area (Å²) in [6.45, 7) is 3.40. The maximum Gasteiger partial charge on any atom is 0.418 e. The normalized spacial score (nSPS) is 18.6. The number of hydrogen-bond donors (Lipinski definition) is 4. The summed E-state index contributed by atoms with van der Waals surface area (Å²) in [5.74, 6) is -5.36. The van der Waals surface area contributed by atoms with Gasteiger partial charge in [0.1, 0.15) is 23.2 Å². The molecule has 214 valence electrons. The van der Waals surface area contributed by atoms with Crippen LogP contribution in [0.15, 0.2) is 36.4 Å². The van der Waals surface area contributed by atoms with E-state index < -0.39 is 70.6 Å². The number of carbonyl (C=O) groups is 3. The van der Waals surface area contributed by atoms with E-state index in [-0.39, 0.29) is 30.2 Å². The van der Waals surface area contributed by atoms with Gasteiger partial charge in [-0.25, -0.2) is 13.6 Å². The third kappa shape index (κ3) is 5.52. The van der Waals surface area contributed by atoms with E-state index in [1.54, 1.807) is 13.8 Å². The number of benzene rings is 2. The van der Waals surface area contributed by atoms with E-state index in [1.165, 1.54) is 12.1 Å². The van der Waals surface area contributed by atoms with Crippen molar-refractivity contribution < 1.29 is 41.4 Å². The van der Waals surface area contributed by atoms with Crippen LogP contribution in [0.3, 0.4) is 0 Å². The maximum atomic E-state index is 14.0. The Hall–Kier alpha value is -3.96. The number of halogens is 5. The minimum atomic E-state index is -4.63. The van der Waals surface area contributed by atoms with Crippen LogP contribution in [0.4, 0.5) is 22.0 Å². The summed E-state index contributed by atoms with van der Waals surface area (Å²) in [7, 11) is 0. The number of carbonyl (C=O) groups excluding carboxylic acids is 2. The molecule has 3 aromatic rings. The second kappa shape index (κ2) is 10.9. The van der Waals surface area contributed by atoms with Gasteiger partial charge < -0.3 is 20.7 Å². The van der Waals surface area contributed by atoms with Gasteiger partial charge in [0.25, 0.3) is 0 Å². The number of hydrogen-bond acceptors (Lipinski definition) is 3. The number of amides is 2. The number of aromatic amines is 1. The number of alkyl halides is 3. The van der Waals surface area contributed by atoms with Gasteiger partial charge in [-0.2, -0.15) is 13.2 Å². The summed E-state index contributed by atoms with van der Waals surface area (Å²) < 4.78 is 68.8. The molecule has 0 saturated carbocycles. The highest BCUT2D eigenvalue weighted by Crippen LogP contribution is 2.40. The SMILES string of the molecule is CC[C@H](C)[C@H](NC(=O)Cc1c(F)cccc1F)C(=O)N[C@]1(C(=O)O)CCc2[nH]c3c(C(F)(F)F)cccc3c2C1. The molecule has 4 N–H and O–H groups in total. The van der Waals surface area contributed by atoms with E-state index in [0.29, 0.717) is 17.7 Å². The van der Waals surface area contributed by atoms with Crippen molar-refractivity contribution in [2.75, 3.05) is 0 Å². The van der Waals surface area contributed by atoms with Crippen LogP contribution in [0.25, 0.3) is 10.9 Å². The van der Waals surface area contributed by atoms with Gasteiger partial charge >= 0.3 is 12.1 Å². The number of aliphatic carboxylic acids is 1. The van der Waals surface area contributed by atoms with Crippen molar-refractivity contribution in [3.63, 3.8) is 0 Å². The fourth-order valence-electron chi connectivity index (χ4n) is 5.15. The van der Waals surface area contributed by atoms with Gasteiger partial charge in [-0.3, -0.25) is 9.59 Å². The predicted octanol–water partition coefficient (Wildman–Crippen LogP) is 4.67. The van der Waals surface area contributed by atoms with E-state index in [9.17, 15) is 41.4 Å². The lowest BCUT2D eigenvalue weighted by molar-refractivity contribution is -0.149. The molecule has 1 aromatic heterocycles. The van der Waals surface area contributed by atoms with Gasteiger partial charge in [0.15, 0.2) is 0 Å². The molecule has 3 atom stereocenters. The monoisotopic (exact) mass is 565 g/mol. The number of H-pyrrole nitrogens is 1. The second-order valence-corrected chi connectivity index (χ2v) is 10.2. The van der Waals surface area contributed by atoms with Crippen LogP contribution in [0.2, 0.25) is 0 Å². The highest BCUT2D eigenvalue weighted by molar-refractivity contribution is 5.95. The fraction of sp³-hybridized carbons (Fsp3) is 0.393. The van der Waals surface area contributed by atoms with Crippen LogP contribution in [0.1, 0.15) is 49.1 Å². The zero-order valence-corrected chi connectivity index (χ0v) is 21.7. The molecule has 0 bridgehead atoms. The Morgan fingerprint density at radius 3 is 2.35 bits per heavy atom. The van der Waals surface area contributed by atoms with Gasteiger partial charge in [0.2, 0.25) is 11.8 Å². The first kappa shape index (κ1) is 29.0. The molecular formula is C28H28F5N3O4. The number of para-hydroxylation sites is 1. The van der Waals surface area contributed by atoms with Crippen molar-refractivity contribution in [3.8, 4) is 0 Å². The molecule has 0 saturated heterocycles. The van der Waals surface area contributed by atoms with Gasteiger partial charge in [-0.05, 0) is 42.5 Å². The Morgan fingerprint density at radius 2 is 1.75 bits per heavy atom. The Labute approximate surface area is 226 Å². The molecule has 2 amide bonds. The fourth-order valence-corrected chi connectivity index (χ4v) is 5.15. The summed E-state index contributed by atoms with van der Waals surface area (Å²) in [5.41, 5.74) is -2.55. The Balaban J connectivity index is 1.61. The smallest absolute Gasteiger partial charge is 0.418 e. The molecule has 0 fully saturated rings. The Morgan fingerprint density at radius 1 is 1.10 bits per heavy atom. The lowest BCUT2D eigenvalue weighted by Crippen LogP contribution is -2.62. The highest BCUT2D eigenvalue weighted by atomic mass is 19.4. The number of fused-ring (bicyclic) bond motifs is 3. The average molecular weight is 566 g/mol. The number of nitrogens with one attached hydrogen (secondary N) is 3. The van der Waals surface area contributed by atoms with Crippen LogP contribution in [-0.2, 0) is 39.8 Å². The molecule has 2 aromatic carbocycles. The summed E-state index contributed by atoms with van der Waals surface area (Å²) >= 11 is 0. The summed E-state index contributed by atoms with van der Waals surface area (Å²) in [6.07, 6.45) is -5.25. The summed E-state index contributed by atoms with van der Waals surface area (Å²) in [6, 6.07) is 5.56. The summed E-state index contributed by atoms with van der Waals surface area (Å²) in [5, 5.41) is 15.4. The first-order valence-corrected chi connectivity index (χ1v) is 12.7. The van der Waals surface area contributed by atoms with Gasteiger partial charge in [0.05, 0.1) is 17.5 Å². The topological polar surface area (TPSA) is 111 Å². The standard InChI is InChI=1S/C28H28F5N3O4/c1-3-14(2)23(35-22(37)12-16-19(29)8-5-9-20(16)30)25(38)36-27(26(39)40)11-10-21-17(13-27)15-6-4-7-18(24(15)34-21)28(31,32)33/h4-9,14,23,34H,3,10-13H2,1-2H3,(H,35,37)(H,36,38)(H,39,40)/t14-,23-,27+/m0/s1. The number of carboxylic acids is 1. The molecule has 1 aliphatic rings. The molecule has 0 unspecified atom stereocenters. The molecule has 0 aliphatic heterocycles. The summed E-state index contributed by atoms with van der Waals surface area (Å²) in [4.78, 5) is 41.5. The molecule has 40 heavy (non-hydrogen) atoms. The predicted molar refractivity (Wildman–Crippen MR) is 135 cm³/mol. The van der Waals surface area contributed by atoms with E-state index in [2.05, 4.69) is 15.6 Å². The van der Waals surface area contributed by atoms with Crippen molar-refractivity contribution in [2.24, 2.45) is 5.92 Å². The van der Waals surface area contributed by atoms with Crippen LogP contribution >= 0.6 is 0 Å². The highest BCUT2D eigenvalue weighted by Gasteiger charge is 2.46. The van der Waals surface area contributed by atoms with E-state index in [1.807, 2.05) is 0 Å². The maximum absolute atomic E-state index is 14.0. The third-order valence-corrected chi connectivity index (χ3v) is 7.60. The van der Waals surface area contributed by atoms with Crippen LogP contribution < -0.4 is 10.6 Å². The molecule has 1 aliphatic carbocycles. The van der Waals surface area contributed by atoms with E-state index in [0.717, 1.165) is 24.3 Å². The van der Waals surface area contributed by atoms with Gasteiger partial charge in [-0.15, -0.1) is 0 Å². The molecule has 0 radical (unpaired) electrons. The number of aromatic nitrogens is 1. The van der Waals surface area contributed by atoms with Gasteiger partial charge in [-0.1, -0.05) is 38.5 Å². The van der Waals surface area contributed by atoms with Crippen molar-refractivity contribution in [2.45, 2.75) is 63.7 Å². The lowest BCUT2D eigenvalue weighted by Gasteiger charge is -2.36. The minimum Gasteiger partial charge on any atom is -0.479 e. The number of carboxylic acid groups (broad SMARTS) is 1. The average Bonchev–Trinajstić information content (AvgIpc) is 3.26. The van der Waals surface area contributed by atoms with Crippen LogP contribution in [-0.4, -0.2) is 39.5 Å². The molecular weight excluding hydrogens is 537 g/mol. The molecule has 4 rings (SSSR count). The quantitative estimate of drug-likeness (QED) is 0.298. The number of rotatable bonds is 8. The molecule has 0 spiro atoms. The second-order valence-electron chi connectivity index (χ2n) is 10.2. The molecule has 12 heteroatoms. The Bertz CT molecular complexity index is 1450. The Kier molecular flexibility index (Phi) is 7.91. The molecule has 7 nitrogen and oxygen atoms in total. The first-order chi connectivity index (χ1) is 18.8. The van der Waals surface area contributed by atoms with Crippen LogP contribution in [0, 0.1) is 17.6 Å². The van der Waals surface area contributed by atoms with Gasteiger partial charge in [0, 0.05) is 23.1 Å². The van der Waals surface area contributed by atoms with E-state index >= 15 is 0 Å². The first-order valence-electron chi connectivity index (χ1n) is 12.7. The van der Waals surface area contributed by atoms with Crippen molar-refractivity contribution in [1.29, 1.82) is 0 Å². The van der Waals surface area contributed by atoms with Crippen molar-refractivity contribution >= 4 is 28.7 Å². The van der Waals surface area contributed by atoms with Crippen LogP contribution in [0.5, 0.6) is 0 Å². The van der Waals surface area contributed by atoms with Crippen molar-refractivity contribution in [1.82, 2.24) is 15.6 Å². The number of aryl methyl sites for hydroxylation is 1. The van der Waals surface area contributed by atoms with E-state index in [4.69, 9.17) is 0 Å². The molecule has 1 heterocycles.